The second-order valence-electron chi connectivity index (χ2n) is 18.6. The van der Waals surface area contributed by atoms with E-state index in [1.54, 1.807) is 36.4 Å². The molecule has 2 aromatic heterocycles. The lowest BCUT2D eigenvalue weighted by Gasteiger charge is -2.19. The van der Waals surface area contributed by atoms with Crippen molar-refractivity contribution in [1.82, 2.24) is 35.9 Å². The number of imidazole rings is 2. The van der Waals surface area contributed by atoms with E-state index < -0.39 is 11.5 Å². The molecule has 0 saturated carbocycles. The van der Waals surface area contributed by atoms with E-state index in [1.807, 2.05) is 104 Å². The molecular formula is C56H71Cl3N8O10. The number of halogens is 3. The molecule has 0 aliphatic rings. The molecule has 4 atom stereocenters. The number of alkyl carbamates (subject to hydrolysis) is 1. The normalized spacial score (nSPS) is 12.4. The predicted octanol–water partition coefficient (Wildman–Crippen LogP) is 10.5. The fraction of sp³-hybridized carbons (Fsp3) is 0.393. The summed E-state index contributed by atoms with van der Waals surface area (Å²) in [6, 6.07) is 24.8. The number of aromatic amines is 2. The number of amides is 3. The highest BCUT2D eigenvalue weighted by Crippen LogP contribution is 2.29. The molecule has 2 unspecified atom stereocenters. The first-order chi connectivity index (χ1) is 36.5. The molecule has 0 spiro atoms. The Morgan fingerprint density at radius 3 is 1.32 bits per heavy atom. The van der Waals surface area contributed by atoms with Crippen LogP contribution in [0.1, 0.15) is 121 Å². The molecule has 18 nitrogen and oxygen atoms in total. The number of aromatic nitrogens is 4. The van der Waals surface area contributed by atoms with Crippen LogP contribution in [-0.4, -0.2) is 105 Å². The first-order valence-corrected chi connectivity index (χ1v) is 26.1. The highest BCUT2D eigenvalue weighted by atomic mass is 35.5. The van der Waals surface area contributed by atoms with Crippen LogP contribution in [0.2, 0.25) is 10.0 Å². The number of ether oxygens (including phenoxy) is 4. The van der Waals surface area contributed by atoms with Gasteiger partial charge in [0, 0.05) is 76.6 Å². The van der Waals surface area contributed by atoms with Crippen LogP contribution in [0.4, 0.5) is 9.59 Å². The highest BCUT2D eigenvalue weighted by molar-refractivity contribution is 6.61. The van der Waals surface area contributed by atoms with Crippen LogP contribution in [0.15, 0.2) is 84.9 Å². The van der Waals surface area contributed by atoms with E-state index in [9.17, 15) is 29.4 Å². The van der Waals surface area contributed by atoms with Gasteiger partial charge in [0.25, 0.3) is 11.8 Å². The van der Waals surface area contributed by atoms with Crippen LogP contribution in [0, 0.1) is 13.8 Å². The van der Waals surface area contributed by atoms with Crippen LogP contribution < -0.4 is 31.2 Å². The topological polar surface area (TPSA) is 265 Å². The molecular weight excluding hydrogens is 1050 g/mol. The van der Waals surface area contributed by atoms with Gasteiger partial charge >= 0.3 is 11.5 Å². The molecule has 4 aromatic carbocycles. The van der Waals surface area contributed by atoms with Gasteiger partial charge in [-0.2, -0.15) is 0 Å². The number of rotatable bonds is 21. The second-order valence-corrected chi connectivity index (χ2v) is 19.7. The molecule has 6 aromatic rings. The monoisotopic (exact) mass is 1120 g/mol. The van der Waals surface area contributed by atoms with Crippen molar-refractivity contribution < 1.29 is 48.3 Å². The molecule has 0 aliphatic carbocycles. The Labute approximate surface area is 465 Å². The third-order valence-electron chi connectivity index (χ3n) is 11.5. The molecule has 0 saturated heterocycles. The Balaban J connectivity index is 0.000000307. The predicted molar refractivity (Wildman–Crippen MR) is 300 cm³/mol. The zero-order valence-corrected chi connectivity index (χ0v) is 47.3. The Kier molecular flexibility index (Phi) is 25.2. The third-order valence-corrected chi connectivity index (χ3v) is 12.3. The van der Waals surface area contributed by atoms with Crippen LogP contribution in [0.25, 0.3) is 22.8 Å². The quantitative estimate of drug-likeness (QED) is 0.0312. The lowest BCUT2D eigenvalue weighted by molar-refractivity contribution is 0.0921. The number of methoxy groups -OCH3 is 2. The molecule has 416 valence electrons. The Hall–Kier alpha value is -6.67. The number of aliphatic hydroxyl groups excluding tert-OH is 2. The van der Waals surface area contributed by atoms with Gasteiger partial charge in [0.15, 0.2) is 0 Å². The van der Waals surface area contributed by atoms with Gasteiger partial charge in [-0.3, -0.25) is 9.59 Å². The maximum Gasteiger partial charge on any atom is 0.407 e. The van der Waals surface area contributed by atoms with E-state index in [0.29, 0.717) is 64.2 Å². The van der Waals surface area contributed by atoms with E-state index in [2.05, 4.69) is 57.0 Å². The Morgan fingerprint density at radius 2 is 1.00 bits per heavy atom. The van der Waals surface area contributed by atoms with Crippen molar-refractivity contribution in [1.29, 1.82) is 0 Å². The van der Waals surface area contributed by atoms with E-state index in [4.69, 9.17) is 38.4 Å². The van der Waals surface area contributed by atoms with E-state index >= 15 is 0 Å². The molecule has 3 amide bonds. The summed E-state index contributed by atoms with van der Waals surface area (Å²) in [5.74, 6) is 2.01. The van der Waals surface area contributed by atoms with Gasteiger partial charge in [-0.1, -0.05) is 71.7 Å². The molecule has 0 bridgehead atoms. The molecule has 0 aliphatic heterocycles. The first-order valence-electron chi connectivity index (χ1n) is 25.0. The van der Waals surface area contributed by atoms with Gasteiger partial charge in [-0.25, -0.2) is 19.6 Å². The summed E-state index contributed by atoms with van der Waals surface area (Å²) in [6.45, 7) is 15.2. The van der Waals surface area contributed by atoms with Crippen LogP contribution in [0.5, 0.6) is 11.5 Å². The summed E-state index contributed by atoms with van der Waals surface area (Å²) < 4.78 is 19.8. The summed E-state index contributed by atoms with van der Waals surface area (Å²) in [5.41, 5.74) is 13.3. The molecule has 6 rings (SSSR count). The number of nitrogens with zero attached hydrogens (tertiary/aromatic N) is 2. The van der Waals surface area contributed by atoms with E-state index in [0.717, 1.165) is 50.9 Å². The number of aryl methyl sites for hydroxylation is 2. The largest absolute Gasteiger partial charge is 0.489 e. The number of carbonyl (C=O) groups excluding carboxylic acids is 4. The minimum Gasteiger partial charge on any atom is -0.489 e. The van der Waals surface area contributed by atoms with Crippen LogP contribution in [0.3, 0.4) is 0 Å². The van der Waals surface area contributed by atoms with Gasteiger partial charge in [0.1, 0.15) is 23.1 Å². The van der Waals surface area contributed by atoms with Crippen molar-refractivity contribution >= 4 is 58.1 Å². The van der Waals surface area contributed by atoms with Crippen LogP contribution in [-0.2, 0) is 22.3 Å². The number of nitrogens with two attached hydrogens (primary N) is 1. The number of H-pyrrole nitrogens is 2. The average Bonchev–Trinajstić information content (AvgIpc) is 3.98. The highest BCUT2D eigenvalue weighted by Gasteiger charge is 2.21. The number of hydrogen-bond acceptors (Lipinski definition) is 13. The number of hydrogen-bond donors (Lipinski definition) is 8. The fourth-order valence-electron chi connectivity index (χ4n) is 7.84. The van der Waals surface area contributed by atoms with Gasteiger partial charge < -0.3 is 60.8 Å². The van der Waals surface area contributed by atoms with Crippen molar-refractivity contribution in [2.24, 2.45) is 5.73 Å². The number of benzene rings is 4. The number of aliphatic hydroxyl groups is 2. The van der Waals surface area contributed by atoms with Crippen molar-refractivity contribution in [2.45, 2.75) is 117 Å². The minimum atomic E-state index is -0.773. The van der Waals surface area contributed by atoms with Crippen molar-refractivity contribution in [3.63, 3.8) is 0 Å². The van der Waals surface area contributed by atoms with Crippen LogP contribution >= 0.6 is 34.8 Å². The molecule has 21 heteroatoms. The second kappa shape index (κ2) is 30.9. The Morgan fingerprint density at radius 1 is 0.610 bits per heavy atom. The zero-order chi connectivity index (χ0) is 56.9. The summed E-state index contributed by atoms with van der Waals surface area (Å²) >= 11 is 17.2. The zero-order valence-electron chi connectivity index (χ0n) is 45.1. The summed E-state index contributed by atoms with van der Waals surface area (Å²) in [7, 11) is 2.54. The van der Waals surface area contributed by atoms with Crippen molar-refractivity contribution in [2.75, 3.05) is 27.4 Å². The molecule has 2 heterocycles. The maximum absolute atomic E-state index is 12.9. The van der Waals surface area contributed by atoms with E-state index in [1.165, 1.54) is 14.2 Å². The SMILES string of the molecule is COC(=O)Cl.COC(=O)NC(C)c1nc(-c2ccc(C[C@@H](CCO)NC(=O)c3ccc(OC(C)C)c(Cl)c3)cc2)[nH]c1C.Cc1[nH]c(-c2ccc(C[C@@H](CCO)NC(=O)c3ccc(OC(C)C)c(Cl)c3)cc2)nc1C(C)N. The maximum atomic E-state index is 12.9. The lowest BCUT2D eigenvalue weighted by Crippen LogP contribution is -2.37. The number of carbonyl (C=O) groups is 4. The lowest BCUT2D eigenvalue weighted by atomic mass is 10.0. The fourth-order valence-corrected chi connectivity index (χ4v) is 8.29. The molecule has 9 N–H and O–H groups in total. The van der Waals surface area contributed by atoms with Gasteiger partial charge in [0.2, 0.25) is 0 Å². The molecule has 0 fully saturated rings. The molecule has 77 heavy (non-hydrogen) atoms. The molecule has 0 radical (unpaired) electrons. The number of nitrogens with one attached hydrogen (secondary N) is 5. The standard InChI is InChI=1S/C28H35ClN4O5.C26H33ClN4O3.C2H3ClO2/c1-16(2)38-24-11-10-21(15-23(24)29)27(35)32-22(12-13-34)14-19-6-8-20(9-7-19)26-30-17(3)25(33-26)18(4)31-28(36)37-5;1-15(2)34-23-10-9-20(14-22(23)27)26(33)30-21(11-12-32)13-18-5-7-19(8-6-18)25-29-17(4)24(31-25)16(3)28;1-5-2(3)4/h6-11,15-16,18,22,34H,12-14H2,1-5H3,(H,30,33)(H,31,36)(H,32,35);5-10,14-16,21,32H,11-13,28H2,1-4H3,(H,29,31)(H,30,33);1H3/t18?,22-;16?,21-;/m11./s1. The average molecular weight is 1120 g/mol. The van der Waals surface area contributed by atoms with Crippen molar-refractivity contribution in [3.8, 4) is 34.3 Å². The summed E-state index contributed by atoms with van der Waals surface area (Å²) in [5, 5.41) is 28.6. The summed E-state index contributed by atoms with van der Waals surface area (Å²) in [4.78, 5) is 62.4. The van der Waals surface area contributed by atoms with E-state index in [-0.39, 0.29) is 61.4 Å². The minimum absolute atomic E-state index is 0.0134. The Bertz CT molecular complexity index is 2860. The van der Waals surface area contributed by atoms with Gasteiger partial charge in [0.05, 0.1) is 53.9 Å². The third kappa shape index (κ3) is 20.0. The smallest absolute Gasteiger partial charge is 0.407 e. The van der Waals surface area contributed by atoms with Crippen molar-refractivity contribution in [3.05, 3.63) is 140 Å². The first kappa shape index (κ1) is 62.9. The summed E-state index contributed by atoms with van der Waals surface area (Å²) in [6.07, 6.45) is 1.40. The van der Waals surface area contributed by atoms with Gasteiger partial charge in [-0.15, -0.1) is 0 Å². The van der Waals surface area contributed by atoms with Gasteiger partial charge in [-0.05, 0) is 129 Å².